The van der Waals surface area contributed by atoms with Crippen LogP contribution in [-0.4, -0.2) is 19.1 Å². The fourth-order valence-electron chi connectivity index (χ4n) is 2.65. The van der Waals surface area contributed by atoms with Crippen molar-refractivity contribution in [3.05, 3.63) is 54.1 Å². The molecule has 4 heteroatoms. The normalized spacial score (nSPS) is 13.0. The number of ether oxygens (including phenoxy) is 2. The fraction of sp³-hybridized carbons (Fsp3) is 0.381. The van der Waals surface area contributed by atoms with Crippen molar-refractivity contribution in [2.45, 2.75) is 45.6 Å². The summed E-state index contributed by atoms with van der Waals surface area (Å²) in [5.74, 6) is 1.61. The van der Waals surface area contributed by atoms with Gasteiger partial charge in [0, 0.05) is 0 Å². The average molecular weight is 341 g/mol. The topological polar surface area (TPSA) is 47.6 Å². The van der Waals surface area contributed by atoms with Gasteiger partial charge < -0.3 is 14.8 Å². The van der Waals surface area contributed by atoms with Gasteiger partial charge in [0.15, 0.2) is 6.10 Å². The third-order valence-corrected chi connectivity index (χ3v) is 4.36. The molecular formula is C21H27NO3. The Hall–Kier alpha value is -2.49. The van der Waals surface area contributed by atoms with Crippen molar-refractivity contribution in [1.82, 2.24) is 0 Å². The lowest BCUT2D eigenvalue weighted by Gasteiger charge is -2.21. The molecule has 2 unspecified atom stereocenters. The van der Waals surface area contributed by atoms with Gasteiger partial charge in [0.05, 0.1) is 12.8 Å². The van der Waals surface area contributed by atoms with E-state index in [1.54, 1.807) is 7.11 Å². The highest BCUT2D eigenvalue weighted by molar-refractivity contribution is 5.95. The van der Waals surface area contributed by atoms with Crippen molar-refractivity contribution in [3.8, 4) is 11.5 Å². The molecule has 1 amide bonds. The number of anilines is 1. The molecule has 1 N–H and O–H groups in total. The number of hydrogen-bond donors (Lipinski definition) is 1. The molecule has 0 aliphatic heterocycles. The summed E-state index contributed by atoms with van der Waals surface area (Å²) in [6.07, 6.45) is 1.04. The van der Waals surface area contributed by atoms with Crippen LogP contribution in [0.1, 0.15) is 45.1 Å². The smallest absolute Gasteiger partial charge is 0.265 e. The molecule has 2 rings (SSSR count). The van der Waals surface area contributed by atoms with E-state index >= 15 is 0 Å². The van der Waals surface area contributed by atoms with Gasteiger partial charge in [-0.25, -0.2) is 0 Å². The maximum atomic E-state index is 12.7. The maximum absolute atomic E-state index is 12.7. The van der Waals surface area contributed by atoms with Gasteiger partial charge in [-0.05, 0) is 42.5 Å². The van der Waals surface area contributed by atoms with Gasteiger partial charge in [0.2, 0.25) is 0 Å². The molecule has 0 spiro atoms. The molecule has 0 bridgehead atoms. The second kappa shape index (κ2) is 9.11. The first kappa shape index (κ1) is 18.8. The highest BCUT2D eigenvalue weighted by Gasteiger charge is 2.21. The fourth-order valence-corrected chi connectivity index (χ4v) is 2.65. The largest absolute Gasteiger partial charge is 0.495 e. The maximum Gasteiger partial charge on any atom is 0.265 e. The minimum Gasteiger partial charge on any atom is -0.495 e. The van der Waals surface area contributed by atoms with E-state index in [2.05, 4.69) is 25.2 Å². The molecule has 2 aromatic rings. The number of benzene rings is 2. The first-order valence-electron chi connectivity index (χ1n) is 8.80. The van der Waals surface area contributed by atoms with Crippen LogP contribution in [0.25, 0.3) is 0 Å². The molecule has 0 aliphatic rings. The number of carbonyl (C=O) groups is 1. The van der Waals surface area contributed by atoms with Crippen LogP contribution in [0.4, 0.5) is 5.69 Å². The van der Waals surface area contributed by atoms with Gasteiger partial charge in [-0.1, -0.05) is 51.1 Å². The summed E-state index contributed by atoms with van der Waals surface area (Å²) in [6, 6.07) is 15.3. The van der Waals surface area contributed by atoms with Gasteiger partial charge >= 0.3 is 0 Å². The highest BCUT2D eigenvalue weighted by Crippen LogP contribution is 2.30. The van der Waals surface area contributed by atoms with Gasteiger partial charge in [0.25, 0.3) is 5.91 Å². The molecule has 0 aliphatic carbocycles. The predicted octanol–water partition coefficient (Wildman–Crippen LogP) is 5.00. The van der Waals surface area contributed by atoms with Crippen molar-refractivity contribution < 1.29 is 14.3 Å². The Kier molecular flexibility index (Phi) is 6.87. The number of nitrogens with one attached hydrogen (secondary N) is 1. The van der Waals surface area contributed by atoms with Crippen LogP contribution >= 0.6 is 0 Å². The average Bonchev–Trinajstić information content (AvgIpc) is 2.66. The quantitative estimate of drug-likeness (QED) is 0.734. The van der Waals surface area contributed by atoms with E-state index in [0.29, 0.717) is 23.8 Å². The second-order valence-corrected chi connectivity index (χ2v) is 6.05. The lowest BCUT2D eigenvalue weighted by molar-refractivity contribution is -0.122. The van der Waals surface area contributed by atoms with E-state index < -0.39 is 6.10 Å². The lowest BCUT2D eigenvalue weighted by Crippen LogP contribution is -2.32. The number of hydrogen-bond acceptors (Lipinski definition) is 3. The third-order valence-electron chi connectivity index (χ3n) is 4.36. The summed E-state index contributed by atoms with van der Waals surface area (Å²) in [7, 11) is 1.58. The minimum absolute atomic E-state index is 0.175. The van der Waals surface area contributed by atoms with E-state index in [-0.39, 0.29) is 5.91 Å². The molecule has 0 aromatic heterocycles. The summed E-state index contributed by atoms with van der Waals surface area (Å²) in [4.78, 5) is 12.7. The van der Waals surface area contributed by atoms with Gasteiger partial charge in [-0.3, -0.25) is 4.79 Å². The first-order valence-corrected chi connectivity index (χ1v) is 8.80. The van der Waals surface area contributed by atoms with E-state index in [4.69, 9.17) is 9.47 Å². The molecule has 0 saturated carbocycles. The summed E-state index contributed by atoms with van der Waals surface area (Å²) >= 11 is 0. The molecule has 2 aromatic carbocycles. The van der Waals surface area contributed by atoms with Crippen LogP contribution in [0.3, 0.4) is 0 Å². The molecule has 25 heavy (non-hydrogen) atoms. The monoisotopic (exact) mass is 341 g/mol. The summed E-state index contributed by atoms with van der Waals surface area (Å²) in [5.41, 5.74) is 1.78. The molecular weight excluding hydrogens is 314 g/mol. The highest BCUT2D eigenvalue weighted by atomic mass is 16.5. The van der Waals surface area contributed by atoms with E-state index in [0.717, 1.165) is 17.7 Å². The van der Waals surface area contributed by atoms with Crippen molar-refractivity contribution in [1.29, 1.82) is 0 Å². The molecule has 0 heterocycles. The zero-order chi connectivity index (χ0) is 18.2. The molecule has 2 atom stereocenters. The second-order valence-electron chi connectivity index (χ2n) is 6.05. The van der Waals surface area contributed by atoms with Gasteiger partial charge in [-0.2, -0.15) is 0 Å². The van der Waals surface area contributed by atoms with Crippen molar-refractivity contribution >= 4 is 11.6 Å². The Bertz CT molecular complexity index is 699. The van der Waals surface area contributed by atoms with Gasteiger partial charge in [-0.15, -0.1) is 0 Å². The number of rotatable bonds is 8. The number of amides is 1. The number of para-hydroxylation sites is 3. The minimum atomic E-state index is -0.560. The van der Waals surface area contributed by atoms with Gasteiger partial charge in [0.1, 0.15) is 11.5 Å². The molecule has 4 nitrogen and oxygen atoms in total. The Morgan fingerprint density at radius 2 is 1.64 bits per heavy atom. The van der Waals surface area contributed by atoms with Crippen LogP contribution in [0.5, 0.6) is 11.5 Å². The molecule has 0 fully saturated rings. The van der Waals surface area contributed by atoms with Crippen molar-refractivity contribution in [2.75, 3.05) is 12.4 Å². The molecule has 0 radical (unpaired) electrons. The first-order chi connectivity index (χ1) is 12.1. The van der Waals surface area contributed by atoms with Crippen LogP contribution in [0.15, 0.2) is 48.5 Å². The number of methoxy groups -OCH3 is 1. The van der Waals surface area contributed by atoms with E-state index in [9.17, 15) is 4.79 Å². The molecule has 134 valence electrons. The van der Waals surface area contributed by atoms with Crippen LogP contribution < -0.4 is 14.8 Å². The predicted molar refractivity (Wildman–Crippen MR) is 101 cm³/mol. The van der Waals surface area contributed by atoms with E-state index in [1.165, 1.54) is 0 Å². The Morgan fingerprint density at radius 1 is 1.00 bits per heavy atom. The zero-order valence-corrected chi connectivity index (χ0v) is 15.4. The lowest BCUT2D eigenvalue weighted by atomic mass is 9.98. The Morgan fingerprint density at radius 3 is 2.28 bits per heavy atom. The van der Waals surface area contributed by atoms with E-state index in [1.807, 2.05) is 49.4 Å². The van der Waals surface area contributed by atoms with Crippen LogP contribution in [0.2, 0.25) is 0 Å². The van der Waals surface area contributed by atoms with Crippen LogP contribution in [0, 0.1) is 0 Å². The van der Waals surface area contributed by atoms with Crippen LogP contribution in [-0.2, 0) is 4.79 Å². The Balaban J connectivity index is 2.16. The third kappa shape index (κ3) is 4.75. The van der Waals surface area contributed by atoms with Crippen molar-refractivity contribution in [3.63, 3.8) is 0 Å². The zero-order valence-electron chi connectivity index (χ0n) is 15.4. The summed E-state index contributed by atoms with van der Waals surface area (Å²) in [5, 5.41) is 2.91. The van der Waals surface area contributed by atoms with Crippen molar-refractivity contribution in [2.24, 2.45) is 0 Å². The standard InChI is InChI=1S/C21H27NO3/c1-5-15(3)16-11-7-9-13-19(16)25-18(6-2)21(23)22-17-12-8-10-14-20(17)24-4/h7-15,18H,5-6H2,1-4H3,(H,22,23). The SMILES string of the molecule is CCC(Oc1ccccc1C(C)CC)C(=O)Nc1ccccc1OC. The number of carbonyl (C=O) groups excluding carboxylic acids is 1. The molecule has 0 saturated heterocycles. The summed E-state index contributed by atoms with van der Waals surface area (Å²) in [6.45, 7) is 6.25. The Labute approximate surface area is 150 Å². The summed E-state index contributed by atoms with van der Waals surface area (Å²) < 4.78 is 11.4.